The Balaban J connectivity index is 2.88. The number of amides is 2. The van der Waals surface area contributed by atoms with E-state index in [1.807, 2.05) is 27.7 Å². The molecule has 1 aliphatic heterocycles. The second-order valence-electron chi connectivity index (χ2n) is 5.74. The lowest BCUT2D eigenvalue weighted by Crippen LogP contribution is -3.18. The molecule has 0 saturated carbocycles. The maximum Gasteiger partial charge on any atom is 0.337 e. The summed E-state index contributed by atoms with van der Waals surface area (Å²) in [5, 5.41) is 21.5. The van der Waals surface area contributed by atoms with Crippen molar-refractivity contribution >= 4 is 11.8 Å². The molecule has 1 rings (SSSR count). The molecular formula is C12H22N2O4. The normalized spacial score (nSPS) is 29.6. The van der Waals surface area contributed by atoms with Crippen LogP contribution in [0.25, 0.3) is 0 Å². The van der Waals surface area contributed by atoms with Crippen molar-refractivity contribution in [3.8, 4) is 0 Å². The molecule has 1 aliphatic rings. The first kappa shape index (κ1) is 15.1. The maximum atomic E-state index is 11.9. The van der Waals surface area contributed by atoms with Crippen molar-refractivity contribution in [3.63, 3.8) is 0 Å². The van der Waals surface area contributed by atoms with E-state index in [2.05, 4.69) is 0 Å². The minimum atomic E-state index is -1.01. The van der Waals surface area contributed by atoms with Crippen molar-refractivity contribution in [1.82, 2.24) is 5.06 Å². The summed E-state index contributed by atoms with van der Waals surface area (Å²) >= 11 is 0. The van der Waals surface area contributed by atoms with Gasteiger partial charge in [-0.05, 0) is 18.3 Å². The van der Waals surface area contributed by atoms with Gasteiger partial charge in [-0.3, -0.25) is 15.1 Å². The molecule has 2 N–H and O–H groups in total. The Hall–Kier alpha value is -0.980. The molecule has 0 spiro atoms. The van der Waals surface area contributed by atoms with Crippen molar-refractivity contribution in [1.29, 1.82) is 0 Å². The third-order valence-corrected chi connectivity index (χ3v) is 3.08. The van der Waals surface area contributed by atoms with Crippen LogP contribution in [-0.2, 0) is 9.59 Å². The lowest BCUT2D eigenvalue weighted by atomic mass is 9.95. The van der Waals surface area contributed by atoms with Gasteiger partial charge < -0.3 is 5.21 Å². The van der Waals surface area contributed by atoms with Gasteiger partial charge in [-0.2, -0.15) is 0 Å². The number of carbonyl (C=O) groups excluding carboxylic acids is 2. The van der Waals surface area contributed by atoms with Crippen molar-refractivity contribution in [2.24, 2.45) is 11.8 Å². The summed E-state index contributed by atoms with van der Waals surface area (Å²) < 4.78 is 0. The molecule has 0 aromatic carbocycles. The van der Waals surface area contributed by atoms with Gasteiger partial charge in [-0.15, -0.1) is 0 Å². The molecule has 3 atom stereocenters. The Morgan fingerprint density at radius 1 is 1.22 bits per heavy atom. The number of piperazine rings is 1. The van der Waals surface area contributed by atoms with Crippen LogP contribution in [0.1, 0.15) is 40.5 Å². The molecule has 104 valence electrons. The fourth-order valence-electron chi connectivity index (χ4n) is 2.21. The molecule has 1 saturated heterocycles. The molecule has 0 bridgehead atoms. The van der Waals surface area contributed by atoms with Gasteiger partial charge in [0.1, 0.15) is 0 Å². The van der Waals surface area contributed by atoms with E-state index < -0.39 is 29.0 Å². The lowest BCUT2D eigenvalue weighted by Gasteiger charge is -2.40. The quantitative estimate of drug-likeness (QED) is 0.547. The van der Waals surface area contributed by atoms with Gasteiger partial charge >= 0.3 is 11.8 Å². The number of nitrogens with zero attached hydrogens (tertiary/aromatic N) is 1. The van der Waals surface area contributed by atoms with E-state index >= 15 is 0 Å². The van der Waals surface area contributed by atoms with Crippen LogP contribution in [0.2, 0.25) is 0 Å². The zero-order chi connectivity index (χ0) is 14.0. The topological polar surface area (TPSA) is 85.1 Å². The number of hydrogen-bond donors (Lipinski definition) is 2. The van der Waals surface area contributed by atoms with Crippen molar-refractivity contribution in [2.45, 2.75) is 52.6 Å². The second kappa shape index (κ2) is 5.77. The number of quaternary nitrogens is 1. The van der Waals surface area contributed by atoms with Crippen LogP contribution < -0.4 is 5.06 Å². The van der Waals surface area contributed by atoms with Gasteiger partial charge in [0.25, 0.3) is 0 Å². The van der Waals surface area contributed by atoms with Crippen LogP contribution in [0.5, 0.6) is 0 Å². The molecule has 6 heteroatoms. The first-order valence-corrected chi connectivity index (χ1v) is 6.35. The van der Waals surface area contributed by atoms with Crippen LogP contribution in [0, 0.1) is 17.0 Å². The van der Waals surface area contributed by atoms with Crippen LogP contribution in [0.4, 0.5) is 0 Å². The molecule has 0 aliphatic carbocycles. The first-order valence-electron chi connectivity index (χ1n) is 6.35. The van der Waals surface area contributed by atoms with Gasteiger partial charge in [0.2, 0.25) is 0 Å². The molecule has 1 heterocycles. The molecule has 0 radical (unpaired) electrons. The second-order valence-corrected chi connectivity index (χ2v) is 5.74. The lowest BCUT2D eigenvalue weighted by molar-refractivity contribution is -0.792. The average Bonchev–Trinajstić information content (AvgIpc) is 2.27. The summed E-state index contributed by atoms with van der Waals surface area (Å²) in [6.07, 6.45) is 0.607. The molecule has 0 aromatic rings. The highest BCUT2D eigenvalue weighted by Gasteiger charge is 2.47. The van der Waals surface area contributed by atoms with Crippen LogP contribution in [-0.4, -0.2) is 34.2 Å². The van der Waals surface area contributed by atoms with E-state index in [0.29, 0.717) is 17.9 Å². The van der Waals surface area contributed by atoms with E-state index in [0.717, 1.165) is 0 Å². The van der Waals surface area contributed by atoms with Crippen LogP contribution in [0.15, 0.2) is 0 Å². The molecule has 6 nitrogen and oxygen atoms in total. The Bertz CT molecular complexity index is 298. The van der Waals surface area contributed by atoms with Gasteiger partial charge in [0.15, 0.2) is 12.1 Å². The zero-order valence-electron chi connectivity index (χ0n) is 11.3. The molecule has 2 amide bonds. The van der Waals surface area contributed by atoms with E-state index in [1.165, 1.54) is 0 Å². The zero-order valence-corrected chi connectivity index (χ0v) is 11.3. The van der Waals surface area contributed by atoms with Crippen molar-refractivity contribution in [2.75, 3.05) is 0 Å². The molecule has 1 fully saturated rings. The fraction of sp³-hybridized carbons (Fsp3) is 0.833. The van der Waals surface area contributed by atoms with E-state index in [1.54, 1.807) is 0 Å². The number of carbonyl (C=O) groups is 2. The molecular weight excluding hydrogens is 236 g/mol. The Morgan fingerprint density at radius 2 is 1.72 bits per heavy atom. The standard InChI is InChI=1S/C12H22N2O4/c1-7(2)5-9-11(15)14(18)10(6-8(3)4)12(16)13(9)17/h7-10,13,18H,5-6H2,1-4H3. The number of rotatable bonds is 4. The van der Waals surface area contributed by atoms with Crippen molar-refractivity contribution < 1.29 is 19.9 Å². The highest BCUT2D eigenvalue weighted by molar-refractivity contribution is 5.89. The van der Waals surface area contributed by atoms with E-state index in [-0.39, 0.29) is 11.8 Å². The smallest absolute Gasteiger partial charge is 0.337 e. The van der Waals surface area contributed by atoms with E-state index in [9.17, 15) is 20.0 Å². The first-order chi connectivity index (χ1) is 8.25. The van der Waals surface area contributed by atoms with Gasteiger partial charge in [-0.1, -0.05) is 27.7 Å². The Labute approximate surface area is 107 Å². The van der Waals surface area contributed by atoms with Crippen LogP contribution in [0.3, 0.4) is 0 Å². The van der Waals surface area contributed by atoms with Gasteiger partial charge in [-0.25, -0.2) is 9.86 Å². The fourth-order valence-corrected chi connectivity index (χ4v) is 2.21. The largest absolute Gasteiger partial charge is 0.626 e. The van der Waals surface area contributed by atoms with Gasteiger partial charge in [0, 0.05) is 6.42 Å². The number of hydroxylamine groups is 4. The van der Waals surface area contributed by atoms with E-state index in [4.69, 9.17) is 0 Å². The highest BCUT2D eigenvalue weighted by Crippen LogP contribution is 2.16. The summed E-state index contributed by atoms with van der Waals surface area (Å²) in [6, 6.07) is -2.01. The Kier molecular flexibility index (Phi) is 4.84. The third kappa shape index (κ3) is 3.07. The highest BCUT2D eigenvalue weighted by atomic mass is 16.5. The van der Waals surface area contributed by atoms with Gasteiger partial charge in [0.05, 0.1) is 0 Å². The minimum absolute atomic E-state index is 0.116. The molecule has 18 heavy (non-hydrogen) atoms. The Morgan fingerprint density at radius 3 is 2.17 bits per heavy atom. The van der Waals surface area contributed by atoms with Crippen molar-refractivity contribution in [3.05, 3.63) is 5.21 Å². The summed E-state index contributed by atoms with van der Waals surface area (Å²) in [5.41, 5.74) is 0. The predicted octanol–water partition coefficient (Wildman–Crippen LogP) is -0.0435. The summed E-state index contributed by atoms with van der Waals surface area (Å²) in [7, 11) is 0. The van der Waals surface area contributed by atoms with Crippen LogP contribution >= 0.6 is 0 Å². The summed E-state index contributed by atoms with van der Waals surface area (Å²) in [4.78, 5) is 23.8. The monoisotopic (exact) mass is 258 g/mol. The average molecular weight is 258 g/mol. The number of hydrogen-bond acceptors (Lipinski definition) is 4. The summed E-state index contributed by atoms with van der Waals surface area (Å²) in [6.45, 7) is 7.48. The third-order valence-electron chi connectivity index (χ3n) is 3.08. The summed E-state index contributed by atoms with van der Waals surface area (Å²) in [5.74, 6) is -1.04. The number of nitrogens with one attached hydrogen (secondary N) is 1. The SMILES string of the molecule is CC(C)CC1C(=O)[NH+]([O-])C(CC(C)C)C(=O)N1O. The molecule has 3 unspecified atom stereocenters. The maximum absolute atomic E-state index is 11.9. The predicted molar refractivity (Wildman–Crippen MR) is 64.5 cm³/mol. The minimum Gasteiger partial charge on any atom is -0.626 e. The molecule has 0 aromatic heterocycles.